The number of rotatable bonds is 27. The van der Waals surface area contributed by atoms with Gasteiger partial charge in [-0.25, -0.2) is 8.42 Å². The minimum Gasteiger partial charge on any atom is -0.748 e. The topological polar surface area (TPSA) is 186 Å². The number of ether oxygens (including phenoxy) is 2. The number of hydrogen-bond acceptors (Lipinski definition) is 11. The first-order valence-corrected chi connectivity index (χ1v) is 32.2. The lowest BCUT2D eigenvalue weighted by molar-refractivity contribution is -0.438. The average molecular weight is 1170 g/mol. The second-order valence-corrected chi connectivity index (χ2v) is 27.3. The zero-order valence-electron chi connectivity index (χ0n) is 50.2. The van der Waals surface area contributed by atoms with E-state index >= 15 is 0 Å². The summed E-state index contributed by atoms with van der Waals surface area (Å²) in [5.74, 6) is -0.587. The molecule has 0 fully saturated rings. The summed E-state index contributed by atoms with van der Waals surface area (Å²) < 4.78 is 48.0. The molecule has 1 amide bonds. The van der Waals surface area contributed by atoms with Gasteiger partial charge in [-0.2, -0.15) is 4.58 Å². The zero-order chi connectivity index (χ0) is 59.6. The molecule has 3 aliphatic carbocycles. The number of halogens is 1. The molecule has 5 aliphatic rings. The van der Waals surface area contributed by atoms with Gasteiger partial charge in [-0.3, -0.25) is 14.4 Å². The van der Waals surface area contributed by atoms with Crippen LogP contribution in [0.3, 0.4) is 0 Å². The Hall–Kier alpha value is -5.12. The van der Waals surface area contributed by atoms with Crippen molar-refractivity contribution < 1.29 is 51.6 Å². The Kier molecular flexibility index (Phi) is 22.1. The van der Waals surface area contributed by atoms with E-state index in [0.717, 1.165) is 72.6 Å². The molecule has 2 heterocycles. The Labute approximate surface area is 494 Å². The van der Waals surface area contributed by atoms with Gasteiger partial charge in [0.15, 0.2) is 5.71 Å². The number of aliphatic hydroxyl groups is 2. The summed E-state index contributed by atoms with van der Waals surface area (Å²) in [6.45, 7) is 20.6. The van der Waals surface area contributed by atoms with Gasteiger partial charge in [-0.15, -0.1) is 0 Å². The van der Waals surface area contributed by atoms with Gasteiger partial charge in [-0.05, 0) is 157 Å². The third-order valence-electron chi connectivity index (χ3n) is 18.0. The van der Waals surface area contributed by atoms with Crippen molar-refractivity contribution >= 4 is 56.7 Å². The van der Waals surface area contributed by atoms with Crippen LogP contribution in [-0.4, -0.2) is 102 Å². The number of benzene rings is 2. The van der Waals surface area contributed by atoms with Crippen molar-refractivity contribution in [2.24, 2.45) is 29.1 Å². The predicted molar refractivity (Wildman–Crippen MR) is 326 cm³/mol. The molecule has 13 nitrogen and oxygen atoms in total. The molecule has 15 heteroatoms. The van der Waals surface area contributed by atoms with Crippen molar-refractivity contribution in [3.63, 3.8) is 0 Å². The fourth-order valence-electron chi connectivity index (χ4n) is 12.9. The minimum atomic E-state index is -4.27. The van der Waals surface area contributed by atoms with Crippen molar-refractivity contribution in [2.75, 3.05) is 36.9 Å². The molecule has 2 aromatic rings. The molecule has 82 heavy (non-hydrogen) atoms. The van der Waals surface area contributed by atoms with Crippen LogP contribution in [0.1, 0.15) is 170 Å². The lowest BCUT2D eigenvalue weighted by atomic mass is 9.65. The second kappa shape index (κ2) is 28.2. The Balaban J connectivity index is 0.861. The van der Waals surface area contributed by atoms with Crippen LogP contribution in [-0.2, 0) is 44.8 Å². The molecule has 7 atom stereocenters. The SMILES string of the molecule is CCC(C)(C)C(=O)O[C@H]1C[C@@H](C)C=C2C=C[C@H](C)[C@H](CC[C@@H](O)C[C@@H](O)CC(=O)OCCNC(=O)CCCCC[N+]3=C(/C=C/C4=C(Cl)C(=C/C=C5/N(CCCCS(=O)(=O)[O-])c6ccccc6C5(C)C)/CCC4)C(C)(C)c4ccccc43)[C@H]21. The van der Waals surface area contributed by atoms with Gasteiger partial charge < -0.3 is 34.5 Å². The Morgan fingerprint density at radius 2 is 1.67 bits per heavy atom. The fourth-order valence-corrected chi connectivity index (χ4v) is 13.7. The van der Waals surface area contributed by atoms with E-state index in [9.17, 15) is 37.6 Å². The standard InChI is InChI=1S/C67H92ClN3O10S/c1-10-65(4,5)64(76)81-57-42-45(2)41-49-29-28-46(3)52(62(49)57)33-32-50(72)43-51(73)44-61(75)80-39-36-69-60(74)27-12-11-17-37-70-55-25-15-13-23-53(55)66(6,7)58(70)34-30-47-21-20-22-48(63(47)68)31-35-59-67(8,9)54-24-14-16-26-56(54)71(59)38-18-19-40-82(77,78)79/h13-16,23-26,28-31,34-35,41,45-46,50-52,57,62,72-73H,10-12,17-22,27,32-33,36-40,42-44H2,1-9H3,(H-,69,74,77,78,79)/t45-,46-,50+,51+,52-,57-,62-/m0/s1. The van der Waals surface area contributed by atoms with Gasteiger partial charge in [0, 0.05) is 70.6 Å². The number of hydrogen-bond donors (Lipinski definition) is 3. The summed E-state index contributed by atoms with van der Waals surface area (Å²) in [6.07, 6.45) is 21.8. The molecule has 2 aliphatic heterocycles. The predicted octanol–water partition coefficient (Wildman–Crippen LogP) is 12.5. The van der Waals surface area contributed by atoms with Crippen molar-refractivity contribution in [2.45, 2.75) is 188 Å². The normalized spacial score (nSPS) is 23.9. The summed E-state index contributed by atoms with van der Waals surface area (Å²) in [5, 5.41) is 25.4. The van der Waals surface area contributed by atoms with E-state index in [2.05, 4.69) is 135 Å². The van der Waals surface area contributed by atoms with E-state index in [1.165, 1.54) is 28.1 Å². The van der Waals surface area contributed by atoms with E-state index in [1.54, 1.807) is 0 Å². The molecular weight excluding hydrogens is 1070 g/mol. The number of fused-ring (bicyclic) bond motifs is 3. The van der Waals surface area contributed by atoms with Crippen molar-refractivity contribution in [1.29, 1.82) is 0 Å². The number of amides is 1. The largest absolute Gasteiger partial charge is 0.748 e. The van der Waals surface area contributed by atoms with E-state index < -0.39 is 33.7 Å². The maximum absolute atomic E-state index is 13.2. The van der Waals surface area contributed by atoms with E-state index in [4.69, 9.17) is 21.1 Å². The lowest BCUT2D eigenvalue weighted by Gasteiger charge is -2.44. The van der Waals surface area contributed by atoms with Gasteiger partial charge in [0.25, 0.3) is 0 Å². The Morgan fingerprint density at radius 3 is 2.41 bits per heavy atom. The highest BCUT2D eigenvalue weighted by atomic mass is 35.5. The number of para-hydroxylation sites is 2. The monoisotopic (exact) mass is 1170 g/mol. The maximum atomic E-state index is 13.2. The van der Waals surface area contributed by atoms with Crippen LogP contribution in [0, 0.1) is 29.1 Å². The van der Waals surface area contributed by atoms with Crippen molar-refractivity contribution in [3.05, 3.63) is 130 Å². The summed E-state index contributed by atoms with van der Waals surface area (Å²) in [5.41, 5.74) is 9.22. The highest BCUT2D eigenvalue weighted by molar-refractivity contribution is 7.85. The second-order valence-electron chi connectivity index (χ2n) is 25.4. The van der Waals surface area contributed by atoms with Gasteiger partial charge in [0.05, 0.1) is 46.1 Å². The highest BCUT2D eigenvalue weighted by Gasteiger charge is 2.45. The fraction of sp³-hybridized carbons (Fsp3) is 0.582. The van der Waals surface area contributed by atoms with Gasteiger partial charge in [-0.1, -0.05) is 113 Å². The van der Waals surface area contributed by atoms with Crippen LogP contribution >= 0.6 is 11.6 Å². The Morgan fingerprint density at radius 1 is 0.939 bits per heavy atom. The third-order valence-corrected chi connectivity index (χ3v) is 19.3. The first-order valence-electron chi connectivity index (χ1n) is 30.2. The number of anilines is 1. The molecule has 0 unspecified atom stereocenters. The van der Waals surface area contributed by atoms with Crippen LogP contribution < -0.4 is 10.2 Å². The maximum Gasteiger partial charge on any atom is 0.311 e. The van der Waals surface area contributed by atoms with E-state index in [-0.39, 0.29) is 84.2 Å². The van der Waals surface area contributed by atoms with Gasteiger partial charge in [0.2, 0.25) is 11.6 Å². The summed E-state index contributed by atoms with van der Waals surface area (Å²) >= 11 is 7.28. The summed E-state index contributed by atoms with van der Waals surface area (Å²) in [4.78, 5) is 41.0. The number of nitrogens with zero attached hydrogens (tertiary/aromatic N) is 2. The van der Waals surface area contributed by atoms with Crippen molar-refractivity contribution in [3.8, 4) is 0 Å². The van der Waals surface area contributed by atoms with Crippen LogP contribution in [0.25, 0.3) is 0 Å². The number of allylic oxidation sites excluding steroid dienone is 11. The molecule has 3 N–H and O–H groups in total. The lowest BCUT2D eigenvalue weighted by Crippen LogP contribution is -2.43. The molecule has 0 spiro atoms. The number of carbonyl (C=O) groups is 3. The average Bonchev–Trinajstić information content (AvgIpc) is 3.73. The molecule has 0 bridgehead atoms. The quantitative estimate of drug-likeness (QED) is 0.0335. The van der Waals surface area contributed by atoms with Crippen LogP contribution in [0.5, 0.6) is 0 Å². The van der Waals surface area contributed by atoms with Crippen molar-refractivity contribution in [1.82, 2.24) is 5.32 Å². The Bertz CT molecular complexity index is 2960. The smallest absolute Gasteiger partial charge is 0.311 e. The molecule has 0 radical (unpaired) electrons. The molecule has 0 saturated heterocycles. The summed E-state index contributed by atoms with van der Waals surface area (Å²) in [6, 6.07) is 16.8. The van der Waals surface area contributed by atoms with Gasteiger partial charge in [0.1, 0.15) is 19.3 Å². The molecule has 2 aromatic carbocycles. The third kappa shape index (κ3) is 16.2. The number of nitrogens with one attached hydrogen (secondary N) is 1. The molecule has 7 rings (SSSR count). The number of aliphatic hydroxyl groups excluding tert-OH is 2. The van der Waals surface area contributed by atoms with Crippen LogP contribution in [0.4, 0.5) is 11.4 Å². The number of carbonyl (C=O) groups excluding carboxylic acids is 3. The van der Waals surface area contributed by atoms with Gasteiger partial charge >= 0.3 is 11.9 Å². The molecule has 448 valence electrons. The first-order chi connectivity index (χ1) is 38.8. The molecular formula is C67H92ClN3O10S. The van der Waals surface area contributed by atoms with Crippen LogP contribution in [0.15, 0.2) is 119 Å². The van der Waals surface area contributed by atoms with E-state index in [1.807, 2.05) is 32.9 Å². The van der Waals surface area contributed by atoms with E-state index in [0.29, 0.717) is 51.5 Å². The minimum absolute atomic E-state index is 0.0192. The summed E-state index contributed by atoms with van der Waals surface area (Å²) in [7, 11) is -4.27. The molecule has 0 aromatic heterocycles. The number of unbranched alkanes of at least 4 members (excludes halogenated alkanes) is 3. The number of esters is 2. The molecule has 0 saturated carbocycles. The highest BCUT2D eigenvalue weighted by Crippen LogP contribution is 2.49. The van der Waals surface area contributed by atoms with Crippen LogP contribution in [0.2, 0.25) is 0 Å². The zero-order valence-corrected chi connectivity index (χ0v) is 51.8. The first kappa shape index (κ1) is 64.4.